The molecule has 0 rings (SSSR count). The van der Waals surface area contributed by atoms with Gasteiger partial charge in [0, 0.05) is 12.8 Å². The van der Waals surface area contributed by atoms with Gasteiger partial charge >= 0.3 is 25.7 Å². The first-order chi connectivity index (χ1) is 28.1. The first kappa shape index (κ1) is 56.0. The van der Waals surface area contributed by atoms with Crippen molar-refractivity contribution in [2.24, 2.45) is 5.73 Å². The zero-order valence-corrected chi connectivity index (χ0v) is 37.8. The SMILES string of the molecule is CCCCCC/C=C\CCCCCCCCCC(=O)O[C@H](COC(=O)CCCCCCCCCCC/C=C\CCCCCCCC)COP(=O)(O)OC[C@H](N)C(=O)O. The molecule has 0 aromatic carbocycles. The van der Waals surface area contributed by atoms with Crippen molar-refractivity contribution in [2.45, 2.75) is 231 Å². The Morgan fingerprint density at radius 3 is 1.28 bits per heavy atom. The number of ether oxygens (including phenoxy) is 2. The lowest BCUT2D eigenvalue weighted by Crippen LogP contribution is -2.34. The van der Waals surface area contributed by atoms with Crippen molar-refractivity contribution in [1.82, 2.24) is 0 Å². The fourth-order valence-electron chi connectivity index (χ4n) is 6.47. The molecule has 0 saturated carbocycles. The van der Waals surface area contributed by atoms with E-state index in [9.17, 15) is 23.8 Å². The van der Waals surface area contributed by atoms with E-state index in [0.29, 0.717) is 12.8 Å². The molecule has 0 radical (unpaired) electrons. The van der Waals surface area contributed by atoms with Crippen LogP contribution < -0.4 is 5.73 Å². The quantitative estimate of drug-likeness (QED) is 0.0231. The smallest absolute Gasteiger partial charge is 0.472 e. The van der Waals surface area contributed by atoms with Crippen LogP contribution in [0.3, 0.4) is 0 Å². The lowest BCUT2D eigenvalue weighted by Gasteiger charge is -2.20. The fourth-order valence-corrected chi connectivity index (χ4v) is 7.24. The fraction of sp³-hybridized carbons (Fsp3) is 0.848. The van der Waals surface area contributed by atoms with Gasteiger partial charge in [0.25, 0.3) is 0 Å². The summed E-state index contributed by atoms with van der Waals surface area (Å²) in [6.07, 6.45) is 43.8. The van der Waals surface area contributed by atoms with E-state index in [0.717, 1.165) is 51.4 Å². The van der Waals surface area contributed by atoms with Crippen LogP contribution in [-0.4, -0.2) is 59.9 Å². The average molecular weight is 844 g/mol. The number of carboxylic acids is 1. The number of esters is 2. The Bertz CT molecular complexity index is 1080. The molecule has 58 heavy (non-hydrogen) atoms. The third-order valence-corrected chi connectivity index (χ3v) is 11.1. The highest BCUT2D eigenvalue weighted by Crippen LogP contribution is 2.43. The van der Waals surface area contributed by atoms with E-state index in [4.69, 9.17) is 24.8 Å². The summed E-state index contributed by atoms with van der Waals surface area (Å²) in [5, 5.41) is 8.90. The first-order valence-electron chi connectivity index (χ1n) is 23.4. The number of allylic oxidation sites excluding steroid dienone is 4. The topological polar surface area (TPSA) is 172 Å². The molecule has 0 amide bonds. The summed E-state index contributed by atoms with van der Waals surface area (Å²) >= 11 is 0. The standard InChI is InChI=1S/C46H86NO10P/c1-3-5-7-9-11-13-15-17-19-20-21-22-24-25-27-29-31-33-35-37-44(48)54-39-42(40-55-58(52,53)56-41-43(47)46(50)51)57-45(49)38-36-34-32-30-28-26-23-18-16-14-12-10-8-6-4-2/h14,16-17,19,42-43H,3-13,15,18,20-41,47H2,1-2H3,(H,50,51)(H,52,53)/b16-14-,19-17-/t42-,43+/m1/s1. The molecule has 4 N–H and O–H groups in total. The predicted octanol–water partition coefficient (Wildman–Crippen LogP) is 12.6. The second-order valence-corrected chi connectivity index (χ2v) is 17.3. The number of carbonyl (C=O) groups excluding carboxylic acids is 2. The zero-order chi connectivity index (χ0) is 42.8. The third-order valence-electron chi connectivity index (χ3n) is 10.2. The van der Waals surface area contributed by atoms with Crippen LogP contribution in [0.1, 0.15) is 219 Å². The summed E-state index contributed by atoms with van der Waals surface area (Å²) < 4.78 is 32.7. The normalized spacial score (nSPS) is 13.9. The van der Waals surface area contributed by atoms with Crippen LogP contribution in [0.25, 0.3) is 0 Å². The van der Waals surface area contributed by atoms with Gasteiger partial charge in [-0.2, -0.15) is 0 Å². The summed E-state index contributed by atoms with van der Waals surface area (Å²) in [6, 6.07) is -1.52. The average Bonchev–Trinajstić information content (AvgIpc) is 3.20. The highest BCUT2D eigenvalue weighted by molar-refractivity contribution is 7.47. The molecule has 11 nitrogen and oxygen atoms in total. The number of unbranched alkanes of at least 4 members (excludes halogenated alkanes) is 26. The number of hydrogen-bond acceptors (Lipinski definition) is 9. The molecule has 1 unspecified atom stereocenters. The molecular formula is C46H86NO10P. The second kappa shape index (κ2) is 41.7. The van der Waals surface area contributed by atoms with Crippen molar-refractivity contribution in [3.63, 3.8) is 0 Å². The van der Waals surface area contributed by atoms with Crippen molar-refractivity contribution >= 4 is 25.7 Å². The van der Waals surface area contributed by atoms with Crippen molar-refractivity contribution in [1.29, 1.82) is 0 Å². The van der Waals surface area contributed by atoms with E-state index >= 15 is 0 Å². The maximum absolute atomic E-state index is 12.6. The maximum Gasteiger partial charge on any atom is 0.472 e. The summed E-state index contributed by atoms with van der Waals surface area (Å²) in [6.45, 7) is 2.80. The molecule has 0 aromatic rings. The Balaban J connectivity index is 4.29. The van der Waals surface area contributed by atoms with Crippen molar-refractivity contribution in [3.05, 3.63) is 24.3 Å². The Morgan fingerprint density at radius 2 is 0.862 bits per heavy atom. The third kappa shape index (κ3) is 40.7. The van der Waals surface area contributed by atoms with Gasteiger partial charge in [-0.25, -0.2) is 4.57 Å². The molecule has 340 valence electrons. The zero-order valence-electron chi connectivity index (χ0n) is 36.9. The predicted molar refractivity (Wildman–Crippen MR) is 236 cm³/mol. The molecule has 0 heterocycles. The lowest BCUT2D eigenvalue weighted by atomic mass is 10.1. The van der Waals surface area contributed by atoms with E-state index in [-0.39, 0.29) is 19.4 Å². The van der Waals surface area contributed by atoms with Crippen molar-refractivity contribution in [3.8, 4) is 0 Å². The van der Waals surface area contributed by atoms with Crippen LogP contribution in [0.15, 0.2) is 24.3 Å². The van der Waals surface area contributed by atoms with E-state index in [1.165, 1.54) is 128 Å². The molecule has 0 fully saturated rings. The molecule has 0 aromatic heterocycles. The van der Waals surface area contributed by atoms with Gasteiger partial charge in [-0.3, -0.25) is 23.4 Å². The molecule has 0 spiro atoms. The van der Waals surface area contributed by atoms with Crippen LogP contribution in [0.2, 0.25) is 0 Å². The van der Waals surface area contributed by atoms with Gasteiger partial charge in [-0.1, -0.05) is 167 Å². The first-order valence-corrected chi connectivity index (χ1v) is 24.9. The molecule has 0 aliphatic rings. The minimum Gasteiger partial charge on any atom is -0.480 e. The van der Waals surface area contributed by atoms with Crippen LogP contribution in [0, 0.1) is 0 Å². The lowest BCUT2D eigenvalue weighted by molar-refractivity contribution is -0.161. The molecule has 0 aliphatic heterocycles. The number of aliphatic carboxylic acids is 1. The van der Waals surface area contributed by atoms with Gasteiger partial charge in [0.1, 0.15) is 12.6 Å². The molecule has 0 saturated heterocycles. The molecular weight excluding hydrogens is 757 g/mol. The van der Waals surface area contributed by atoms with E-state index in [2.05, 4.69) is 42.7 Å². The van der Waals surface area contributed by atoms with Crippen LogP contribution in [0.5, 0.6) is 0 Å². The van der Waals surface area contributed by atoms with Crippen LogP contribution in [-0.2, 0) is 37.5 Å². The summed E-state index contributed by atoms with van der Waals surface area (Å²) in [5.74, 6) is -2.38. The monoisotopic (exact) mass is 844 g/mol. The number of phosphoric ester groups is 1. The van der Waals surface area contributed by atoms with Gasteiger partial charge < -0.3 is 25.2 Å². The Morgan fingerprint density at radius 1 is 0.517 bits per heavy atom. The van der Waals surface area contributed by atoms with E-state index < -0.39 is 51.1 Å². The van der Waals surface area contributed by atoms with Gasteiger partial charge in [-0.15, -0.1) is 0 Å². The van der Waals surface area contributed by atoms with Gasteiger partial charge in [-0.05, 0) is 64.2 Å². The summed E-state index contributed by atoms with van der Waals surface area (Å²) in [4.78, 5) is 46.0. The number of hydrogen-bond donors (Lipinski definition) is 3. The largest absolute Gasteiger partial charge is 0.480 e. The van der Waals surface area contributed by atoms with Gasteiger partial charge in [0.05, 0.1) is 13.2 Å². The Kier molecular flexibility index (Phi) is 40.2. The number of phosphoric acid groups is 1. The number of carboxylic acid groups (broad SMARTS) is 1. The van der Waals surface area contributed by atoms with Gasteiger partial charge in [0.2, 0.25) is 0 Å². The van der Waals surface area contributed by atoms with Crippen molar-refractivity contribution < 1.29 is 47.5 Å². The summed E-state index contributed by atoms with van der Waals surface area (Å²) in [7, 11) is -4.72. The minimum absolute atomic E-state index is 0.158. The van der Waals surface area contributed by atoms with E-state index in [1.807, 2.05) is 0 Å². The second-order valence-electron chi connectivity index (χ2n) is 15.9. The Labute approximate surface area is 353 Å². The highest BCUT2D eigenvalue weighted by atomic mass is 31.2. The van der Waals surface area contributed by atoms with E-state index in [1.54, 1.807) is 0 Å². The molecule has 0 aliphatic carbocycles. The van der Waals surface area contributed by atoms with Gasteiger partial charge in [0.15, 0.2) is 6.10 Å². The number of rotatable bonds is 44. The number of nitrogens with two attached hydrogens (primary N) is 1. The van der Waals surface area contributed by atoms with Crippen LogP contribution in [0.4, 0.5) is 0 Å². The minimum atomic E-state index is -4.72. The maximum atomic E-state index is 12.6. The number of carbonyl (C=O) groups is 3. The molecule has 3 atom stereocenters. The molecule has 12 heteroatoms. The highest BCUT2D eigenvalue weighted by Gasteiger charge is 2.28. The Hall–Kier alpha value is -2.04. The van der Waals surface area contributed by atoms with Crippen LogP contribution >= 0.6 is 7.82 Å². The van der Waals surface area contributed by atoms with Crippen molar-refractivity contribution in [2.75, 3.05) is 19.8 Å². The summed E-state index contributed by atoms with van der Waals surface area (Å²) in [5.41, 5.74) is 5.34. The molecule has 0 bridgehead atoms.